The molecule has 5 nitrogen and oxygen atoms in total. The van der Waals surface area contributed by atoms with Crippen LogP contribution in [0, 0.1) is 0 Å². The van der Waals surface area contributed by atoms with Crippen LogP contribution in [0.5, 0.6) is 5.75 Å². The zero-order chi connectivity index (χ0) is 17.8. The lowest BCUT2D eigenvalue weighted by atomic mass is 10.2. The summed E-state index contributed by atoms with van der Waals surface area (Å²) in [6, 6.07) is 14.6. The Morgan fingerprint density at radius 3 is 2.44 bits per heavy atom. The van der Waals surface area contributed by atoms with Crippen LogP contribution >= 0.6 is 15.9 Å². The topological polar surface area (TPSA) is 58.6 Å². The number of halogens is 1. The third-order valence-electron chi connectivity index (χ3n) is 4.02. The number of carbonyl (C=O) groups is 2. The highest BCUT2D eigenvalue weighted by molar-refractivity contribution is 9.10. The first-order valence-corrected chi connectivity index (χ1v) is 8.96. The molecule has 25 heavy (non-hydrogen) atoms. The molecule has 0 radical (unpaired) electrons. The van der Waals surface area contributed by atoms with E-state index in [2.05, 4.69) is 21.2 Å². The molecule has 6 heteroatoms. The molecule has 1 aliphatic rings. The van der Waals surface area contributed by atoms with Crippen LogP contribution in [-0.2, 0) is 9.59 Å². The molecule has 0 spiro atoms. The highest BCUT2D eigenvalue weighted by Crippen LogP contribution is 2.23. The summed E-state index contributed by atoms with van der Waals surface area (Å²) in [5.74, 6) is 0.551. The van der Waals surface area contributed by atoms with Crippen LogP contribution in [-0.4, -0.2) is 24.5 Å². The minimum Gasteiger partial charge on any atom is -0.481 e. The van der Waals surface area contributed by atoms with Gasteiger partial charge in [0.05, 0.1) is 0 Å². The number of hydrogen-bond acceptors (Lipinski definition) is 3. The molecule has 2 aromatic rings. The number of carbonyl (C=O) groups excluding carboxylic acids is 2. The van der Waals surface area contributed by atoms with Gasteiger partial charge in [0.2, 0.25) is 5.91 Å². The van der Waals surface area contributed by atoms with E-state index in [1.54, 1.807) is 36.1 Å². The van der Waals surface area contributed by atoms with E-state index in [1.807, 2.05) is 24.3 Å². The van der Waals surface area contributed by atoms with Crippen molar-refractivity contribution in [2.75, 3.05) is 16.8 Å². The second-order valence-corrected chi connectivity index (χ2v) is 6.81. The van der Waals surface area contributed by atoms with Gasteiger partial charge < -0.3 is 15.0 Å². The van der Waals surface area contributed by atoms with Gasteiger partial charge in [-0.2, -0.15) is 0 Å². The Morgan fingerprint density at radius 1 is 1.16 bits per heavy atom. The number of anilines is 2. The van der Waals surface area contributed by atoms with Gasteiger partial charge in [-0.1, -0.05) is 15.9 Å². The van der Waals surface area contributed by atoms with E-state index < -0.39 is 6.10 Å². The van der Waals surface area contributed by atoms with Gasteiger partial charge in [-0.25, -0.2) is 0 Å². The summed E-state index contributed by atoms with van der Waals surface area (Å²) in [5.41, 5.74) is 1.53. The Hall–Kier alpha value is -2.34. The van der Waals surface area contributed by atoms with Crippen molar-refractivity contribution < 1.29 is 14.3 Å². The van der Waals surface area contributed by atoms with Crippen molar-refractivity contribution in [3.63, 3.8) is 0 Å². The zero-order valence-electron chi connectivity index (χ0n) is 13.9. The molecule has 1 N–H and O–H groups in total. The van der Waals surface area contributed by atoms with Crippen LogP contribution in [0.1, 0.15) is 19.8 Å². The summed E-state index contributed by atoms with van der Waals surface area (Å²) in [7, 11) is 0. The molecule has 0 aliphatic carbocycles. The fourth-order valence-corrected chi connectivity index (χ4v) is 2.92. The van der Waals surface area contributed by atoms with Gasteiger partial charge in [0.1, 0.15) is 5.75 Å². The van der Waals surface area contributed by atoms with Crippen LogP contribution in [0.4, 0.5) is 11.4 Å². The van der Waals surface area contributed by atoms with Crippen LogP contribution < -0.4 is 15.0 Å². The molecule has 2 amide bonds. The first-order chi connectivity index (χ1) is 12.0. The van der Waals surface area contributed by atoms with Crippen molar-refractivity contribution >= 4 is 39.1 Å². The van der Waals surface area contributed by atoms with Gasteiger partial charge in [0.15, 0.2) is 6.10 Å². The summed E-state index contributed by atoms with van der Waals surface area (Å²) in [6.45, 7) is 2.46. The standard InChI is InChI=1S/C19H19BrN2O3/c1-13(25-17-10-4-14(20)5-11-17)19(24)21-15-6-8-16(9-7-15)22-12-2-3-18(22)23/h4-11,13H,2-3,12H2,1H3,(H,21,24). The van der Waals surface area contributed by atoms with Gasteiger partial charge in [-0.05, 0) is 61.9 Å². The second kappa shape index (κ2) is 7.70. The lowest BCUT2D eigenvalue weighted by Crippen LogP contribution is -2.30. The first-order valence-electron chi connectivity index (χ1n) is 8.16. The molecule has 1 aliphatic heterocycles. The van der Waals surface area contributed by atoms with Gasteiger partial charge in [0, 0.05) is 28.8 Å². The number of rotatable bonds is 5. The monoisotopic (exact) mass is 402 g/mol. The normalized spacial score (nSPS) is 15.1. The summed E-state index contributed by atoms with van der Waals surface area (Å²) in [6.07, 6.45) is 0.868. The molecule has 130 valence electrons. The quantitative estimate of drug-likeness (QED) is 0.822. The number of nitrogens with one attached hydrogen (secondary N) is 1. The molecule has 1 unspecified atom stereocenters. The highest BCUT2D eigenvalue weighted by Gasteiger charge is 2.21. The van der Waals surface area contributed by atoms with Gasteiger partial charge >= 0.3 is 0 Å². The Bertz CT molecular complexity index is 759. The maximum atomic E-state index is 12.3. The number of nitrogens with zero attached hydrogens (tertiary/aromatic N) is 1. The van der Waals surface area contributed by atoms with Crippen molar-refractivity contribution in [2.24, 2.45) is 0 Å². The Balaban J connectivity index is 1.58. The number of hydrogen-bond donors (Lipinski definition) is 1. The van der Waals surface area contributed by atoms with Gasteiger partial charge in [-0.15, -0.1) is 0 Å². The van der Waals surface area contributed by atoms with Crippen molar-refractivity contribution in [2.45, 2.75) is 25.9 Å². The van der Waals surface area contributed by atoms with Crippen LogP contribution in [0.2, 0.25) is 0 Å². The second-order valence-electron chi connectivity index (χ2n) is 5.90. The average molecular weight is 403 g/mol. The Morgan fingerprint density at radius 2 is 1.84 bits per heavy atom. The van der Waals surface area contributed by atoms with E-state index in [-0.39, 0.29) is 11.8 Å². The summed E-state index contributed by atoms with van der Waals surface area (Å²) < 4.78 is 6.59. The predicted molar refractivity (Wildman–Crippen MR) is 101 cm³/mol. The van der Waals surface area contributed by atoms with Crippen molar-refractivity contribution in [3.8, 4) is 5.75 Å². The molecule has 0 aromatic heterocycles. The van der Waals surface area contributed by atoms with Crippen molar-refractivity contribution in [3.05, 3.63) is 53.0 Å². The van der Waals surface area contributed by atoms with E-state index in [9.17, 15) is 9.59 Å². The lowest BCUT2D eigenvalue weighted by Gasteiger charge is -2.17. The zero-order valence-corrected chi connectivity index (χ0v) is 15.5. The highest BCUT2D eigenvalue weighted by atomic mass is 79.9. The molecule has 1 heterocycles. The molecular formula is C19H19BrN2O3. The molecule has 1 fully saturated rings. The predicted octanol–water partition coefficient (Wildman–Crippen LogP) is 3.98. The third kappa shape index (κ3) is 4.39. The van der Waals surface area contributed by atoms with E-state index in [0.29, 0.717) is 17.9 Å². The fourth-order valence-electron chi connectivity index (χ4n) is 2.66. The maximum absolute atomic E-state index is 12.3. The van der Waals surface area contributed by atoms with Crippen LogP contribution in [0.25, 0.3) is 0 Å². The van der Waals surface area contributed by atoms with Gasteiger partial charge in [0.25, 0.3) is 5.91 Å². The molecule has 0 bridgehead atoms. The summed E-state index contributed by atoms with van der Waals surface area (Å²) in [5, 5.41) is 2.83. The average Bonchev–Trinajstić information content (AvgIpc) is 3.03. The van der Waals surface area contributed by atoms with Crippen LogP contribution in [0.3, 0.4) is 0 Å². The van der Waals surface area contributed by atoms with E-state index in [1.165, 1.54) is 0 Å². The van der Waals surface area contributed by atoms with E-state index >= 15 is 0 Å². The third-order valence-corrected chi connectivity index (χ3v) is 4.54. The van der Waals surface area contributed by atoms with Crippen molar-refractivity contribution in [1.29, 1.82) is 0 Å². The van der Waals surface area contributed by atoms with E-state index in [4.69, 9.17) is 4.74 Å². The van der Waals surface area contributed by atoms with Crippen LogP contribution in [0.15, 0.2) is 53.0 Å². The number of ether oxygens (including phenoxy) is 1. The molecule has 1 atom stereocenters. The molecule has 2 aromatic carbocycles. The minimum atomic E-state index is -0.624. The lowest BCUT2D eigenvalue weighted by molar-refractivity contribution is -0.122. The number of benzene rings is 2. The first kappa shape index (κ1) is 17.5. The van der Waals surface area contributed by atoms with Gasteiger partial charge in [-0.3, -0.25) is 9.59 Å². The molecule has 0 saturated carbocycles. The molecule has 1 saturated heterocycles. The van der Waals surface area contributed by atoms with Crippen molar-refractivity contribution in [1.82, 2.24) is 0 Å². The summed E-state index contributed by atoms with van der Waals surface area (Å²) >= 11 is 3.36. The molecular weight excluding hydrogens is 384 g/mol. The summed E-state index contributed by atoms with van der Waals surface area (Å²) in [4.78, 5) is 25.8. The Kier molecular flexibility index (Phi) is 5.38. The maximum Gasteiger partial charge on any atom is 0.265 e. The fraction of sp³-hybridized carbons (Fsp3) is 0.263. The number of amides is 2. The molecule has 3 rings (SSSR count). The minimum absolute atomic E-state index is 0.147. The van der Waals surface area contributed by atoms with E-state index in [0.717, 1.165) is 23.1 Å². The largest absolute Gasteiger partial charge is 0.481 e. The smallest absolute Gasteiger partial charge is 0.265 e. The Labute approximate surface area is 155 Å². The SMILES string of the molecule is CC(Oc1ccc(Br)cc1)C(=O)Nc1ccc(N2CCCC2=O)cc1.